The van der Waals surface area contributed by atoms with E-state index in [4.69, 9.17) is 10.8 Å². The van der Waals surface area contributed by atoms with Crippen molar-refractivity contribution in [2.75, 3.05) is 5.73 Å². The minimum atomic E-state index is -0.757. The summed E-state index contributed by atoms with van der Waals surface area (Å²) < 4.78 is 0. The Morgan fingerprint density at radius 1 is 1.62 bits per heavy atom. The Bertz CT molecular complexity index is 249. The van der Waals surface area contributed by atoms with Gasteiger partial charge in [0.15, 0.2) is 0 Å². The van der Waals surface area contributed by atoms with Gasteiger partial charge in [-0.25, -0.2) is 0 Å². The van der Waals surface area contributed by atoms with Gasteiger partial charge in [-0.15, -0.1) is 0 Å². The first-order chi connectivity index (χ1) is 5.84. The maximum atomic E-state index is 10.0. The first kappa shape index (κ1) is 11.5. The molecule has 0 atom stereocenters. The Hall–Kier alpha value is -1.52. The number of carboxylic acid groups (broad SMARTS) is 1. The Kier molecular flexibility index (Phi) is 3.97. The first-order valence-electron chi connectivity index (χ1n) is 3.82. The van der Waals surface area contributed by atoms with E-state index >= 15 is 0 Å². The first-order valence-corrected chi connectivity index (χ1v) is 3.82. The van der Waals surface area contributed by atoms with Crippen LogP contribution in [0.25, 0.3) is 0 Å². The molecule has 1 aromatic rings. The summed E-state index contributed by atoms with van der Waals surface area (Å²) in [6.45, 7) is 4.99. The van der Waals surface area contributed by atoms with Crippen LogP contribution in [0.4, 0.5) is 5.82 Å². The van der Waals surface area contributed by atoms with Crippen LogP contribution in [0, 0.1) is 5.41 Å². The smallest absolute Gasteiger partial charge is 0.308 e. The molecule has 1 heterocycles. The zero-order valence-electron chi connectivity index (χ0n) is 8.03. The summed E-state index contributed by atoms with van der Waals surface area (Å²) >= 11 is 0. The molecule has 5 nitrogen and oxygen atoms in total. The van der Waals surface area contributed by atoms with Crippen LogP contribution in [0.15, 0.2) is 12.3 Å². The molecule has 0 saturated carbocycles. The molecule has 0 fully saturated rings. The van der Waals surface area contributed by atoms with Crippen molar-refractivity contribution in [3.8, 4) is 0 Å². The van der Waals surface area contributed by atoms with Crippen LogP contribution in [-0.2, 0) is 4.79 Å². The lowest BCUT2D eigenvalue weighted by molar-refractivity contribution is -0.145. The fourth-order valence-corrected chi connectivity index (χ4v) is 0.272. The maximum Gasteiger partial charge on any atom is 0.308 e. The number of aromatic amines is 1. The lowest BCUT2D eigenvalue weighted by Crippen LogP contribution is -2.18. The summed E-state index contributed by atoms with van der Waals surface area (Å²) in [4.78, 5) is 10.0. The molecular formula is C8H15N3O2. The summed E-state index contributed by atoms with van der Waals surface area (Å²) in [5.41, 5.74) is 4.55. The average molecular weight is 185 g/mol. The number of nitrogens with one attached hydrogen (secondary N) is 1. The summed E-state index contributed by atoms with van der Waals surface area (Å²) in [6, 6.07) is 1.69. The van der Waals surface area contributed by atoms with Crippen molar-refractivity contribution in [1.82, 2.24) is 10.2 Å². The van der Waals surface area contributed by atoms with E-state index in [1.807, 2.05) is 0 Å². The molecule has 1 aromatic heterocycles. The Morgan fingerprint density at radius 3 is 2.15 bits per heavy atom. The molecule has 0 aliphatic heterocycles. The number of carboxylic acids is 1. The largest absolute Gasteiger partial charge is 0.481 e. The van der Waals surface area contributed by atoms with Crippen LogP contribution in [0.5, 0.6) is 0 Å². The highest BCUT2D eigenvalue weighted by Gasteiger charge is 2.18. The van der Waals surface area contributed by atoms with Gasteiger partial charge in [0.1, 0.15) is 5.82 Å². The zero-order chi connectivity index (χ0) is 10.5. The van der Waals surface area contributed by atoms with Gasteiger partial charge in [0.25, 0.3) is 0 Å². The molecule has 1 rings (SSSR count). The molecule has 0 aliphatic carbocycles. The second-order valence-electron chi connectivity index (χ2n) is 3.55. The molecule has 0 unspecified atom stereocenters. The number of rotatable bonds is 0. The second-order valence-corrected chi connectivity index (χ2v) is 3.55. The van der Waals surface area contributed by atoms with E-state index in [-0.39, 0.29) is 0 Å². The number of nitrogens with two attached hydrogens (primary N) is 1. The molecule has 74 valence electrons. The molecule has 0 radical (unpaired) electrons. The molecule has 5 heteroatoms. The van der Waals surface area contributed by atoms with Gasteiger partial charge >= 0.3 is 5.97 Å². The second kappa shape index (κ2) is 4.49. The van der Waals surface area contributed by atoms with Gasteiger partial charge < -0.3 is 10.8 Å². The van der Waals surface area contributed by atoms with Gasteiger partial charge in [0.2, 0.25) is 0 Å². The molecule has 0 saturated heterocycles. The monoisotopic (exact) mass is 185 g/mol. The third-order valence-corrected chi connectivity index (χ3v) is 1.16. The minimum absolute atomic E-state index is 0.537. The third-order valence-electron chi connectivity index (χ3n) is 1.16. The van der Waals surface area contributed by atoms with E-state index in [1.54, 1.807) is 33.0 Å². The van der Waals surface area contributed by atoms with Crippen molar-refractivity contribution in [3.63, 3.8) is 0 Å². The topological polar surface area (TPSA) is 92.0 Å². The predicted octanol–water partition coefficient (Wildman–Crippen LogP) is 1.11. The van der Waals surface area contributed by atoms with Crippen LogP contribution in [-0.4, -0.2) is 21.3 Å². The normalized spacial score (nSPS) is 10.1. The number of nitrogens with zero attached hydrogens (tertiary/aromatic N) is 1. The fraction of sp³-hybridized carbons (Fsp3) is 0.500. The molecule has 0 aromatic carbocycles. The maximum absolute atomic E-state index is 10.0. The van der Waals surface area contributed by atoms with Crippen LogP contribution in [0.1, 0.15) is 20.8 Å². The Labute approximate surface area is 77.0 Å². The predicted molar refractivity (Wildman–Crippen MR) is 50.1 cm³/mol. The molecule has 0 aliphatic rings. The van der Waals surface area contributed by atoms with E-state index in [2.05, 4.69) is 10.2 Å². The number of hydrogen-bond donors (Lipinski definition) is 3. The Balaban J connectivity index is 0.000000223. The lowest BCUT2D eigenvalue weighted by Gasteiger charge is -2.08. The van der Waals surface area contributed by atoms with Gasteiger partial charge in [0, 0.05) is 6.20 Å². The number of anilines is 1. The quantitative estimate of drug-likeness (QED) is 0.564. The van der Waals surface area contributed by atoms with Crippen molar-refractivity contribution < 1.29 is 9.90 Å². The van der Waals surface area contributed by atoms with E-state index in [0.29, 0.717) is 5.82 Å². The van der Waals surface area contributed by atoms with Gasteiger partial charge in [-0.1, -0.05) is 0 Å². The van der Waals surface area contributed by atoms with Crippen molar-refractivity contribution >= 4 is 11.8 Å². The number of hydrogen-bond acceptors (Lipinski definition) is 3. The average Bonchev–Trinajstić information content (AvgIpc) is 2.38. The van der Waals surface area contributed by atoms with Gasteiger partial charge in [0.05, 0.1) is 5.41 Å². The van der Waals surface area contributed by atoms with Crippen LogP contribution >= 0.6 is 0 Å². The summed E-state index contributed by atoms with van der Waals surface area (Å²) in [6.07, 6.45) is 1.68. The van der Waals surface area contributed by atoms with Crippen molar-refractivity contribution in [2.24, 2.45) is 5.41 Å². The summed E-state index contributed by atoms with van der Waals surface area (Å²) in [7, 11) is 0. The Morgan fingerprint density at radius 2 is 2.08 bits per heavy atom. The lowest BCUT2D eigenvalue weighted by atomic mass is 9.98. The standard InChI is InChI=1S/C5H10O2.C3H5N3/c1-5(2,3)4(6)7;4-3-1-2-5-6-3/h1-3H3,(H,6,7);1-2H,(H3,4,5,6). The summed E-state index contributed by atoms with van der Waals surface area (Å²) in [5, 5.41) is 14.4. The number of H-pyrrole nitrogens is 1. The summed E-state index contributed by atoms with van der Waals surface area (Å²) in [5.74, 6) is -0.220. The number of nitrogen functional groups attached to an aromatic ring is 1. The van der Waals surface area contributed by atoms with E-state index < -0.39 is 11.4 Å². The molecule has 13 heavy (non-hydrogen) atoms. The number of aliphatic carboxylic acids is 1. The molecule has 0 spiro atoms. The highest BCUT2D eigenvalue weighted by Crippen LogP contribution is 2.11. The van der Waals surface area contributed by atoms with Gasteiger partial charge in [-0.05, 0) is 26.8 Å². The fourth-order valence-electron chi connectivity index (χ4n) is 0.272. The molecule has 0 bridgehead atoms. The SMILES string of the molecule is CC(C)(C)C(=O)O.Nc1cc[nH]n1. The third kappa shape index (κ3) is 5.72. The molecule has 0 amide bonds. The number of carbonyl (C=O) groups is 1. The molecule has 4 N–H and O–H groups in total. The van der Waals surface area contributed by atoms with Crippen molar-refractivity contribution in [3.05, 3.63) is 12.3 Å². The van der Waals surface area contributed by atoms with E-state index in [0.717, 1.165) is 0 Å². The van der Waals surface area contributed by atoms with E-state index in [1.165, 1.54) is 0 Å². The highest BCUT2D eigenvalue weighted by molar-refractivity contribution is 5.72. The van der Waals surface area contributed by atoms with Crippen molar-refractivity contribution in [1.29, 1.82) is 0 Å². The van der Waals surface area contributed by atoms with Crippen molar-refractivity contribution in [2.45, 2.75) is 20.8 Å². The van der Waals surface area contributed by atoms with Crippen LogP contribution in [0.2, 0.25) is 0 Å². The van der Waals surface area contributed by atoms with E-state index in [9.17, 15) is 4.79 Å². The van der Waals surface area contributed by atoms with Crippen LogP contribution in [0.3, 0.4) is 0 Å². The zero-order valence-corrected chi connectivity index (χ0v) is 8.03. The molecular weight excluding hydrogens is 170 g/mol. The number of aromatic nitrogens is 2. The van der Waals surface area contributed by atoms with Gasteiger partial charge in [-0.3, -0.25) is 9.89 Å². The highest BCUT2D eigenvalue weighted by atomic mass is 16.4. The van der Waals surface area contributed by atoms with Crippen LogP contribution < -0.4 is 5.73 Å². The minimum Gasteiger partial charge on any atom is -0.481 e. The van der Waals surface area contributed by atoms with Gasteiger partial charge in [-0.2, -0.15) is 5.10 Å².